The maximum absolute atomic E-state index is 11.3. The van der Waals surface area contributed by atoms with Crippen molar-refractivity contribution in [1.29, 1.82) is 0 Å². The standard InChI is InChI=1S/C11H11NO3S/c1-9-12-10(8-16(9,13)14)7-15-11-5-3-2-4-6-11/h2-6,8H,7H2,1H3. The molecule has 1 aliphatic heterocycles. The van der Waals surface area contributed by atoms with Crippen molar-refractivity contribution in [2.24, 2.45) is 4.99 Å². The SMILES string of the molecule is CC1=NC(COc2ccccc2)=CS1(=O)=O. The first kappa shape index (κ1) is 10.9. The lowest BCUT2D eigenvalue weighted by atomic mass is 10.3. The smallest absolute Gasteiger partial charge is 0.214 e. The van der Waals surface area contributed by atoms with Crippen molar-refractivity contribution < 1.29 is 13.2 Å². The Morgan fingerprint density at radius 3 is 2.50 bits per heavy atom. The van der Waals surface area contributed by atoms with Gasteiger partial charge in [-0.05, 0) is 19.1 Å². The fourth-order valence-electron chi connectivity index (χ4n) is 1.30. The number of sulfone groups is 1. The van der Waals surface area contributed by atoms with Gasteiger partial charge in [-0.3, -0.25) is 0 Å². The van der Waals surface area contributed by atoms with Crippen LogP contribution in [0.2, 0.25) is 0 Å². The van der Waals surface area contributed by atoms with Crippen molar-refractivity contribution in [1.82, 2.24) is 0 Å². The highest BCUT2D eigenvalue weighted by Crippen LogP contribution is 2.16. The zero-order valence-electron chi connectivity index (χ0n) is 8.75. The molecule has 0 unspecified atom stereocenters. The lowest BCUT2D eigenvalue weighted by Gasteiger charge is -2.03. The molecular formula is C11H11NO3S. The van der Waals surface area contributed by atoms with Crippen LogP contribution in [0.3, 0.4) is 0 Å². The molecule has 0 amide bonds. The highest BCUT2D eigenvalue weighted by Gasteiger charge is 2.20. The molecular weight excluding hydrogens is 226 g/mol. The fraction of sp³-hybridized carbons (Fsp3) is 0.182. The van der Waals surface area contributed by atoms with Gasteiger partial charge < -0.3 is 4.74 Å². The Labute approximate surface area is 94.2 Å². The number of para-hydroxylation sites is 1. The van der Waals surface area contributed by atoms with E-state index in [4.69, 9.17) is 4.74 Å². The Balaban J connectivity index is 2.04. The molecule has 0 saturated heterocycles. The van der Waals surface area contributed by atoms with Crippen molar-refractivity contribution in [2.45, 2.75) is 6.92 Å². The van der Waals surface area contributed by atoms with Crippen molar-refractivity contribution in [2.75, 3.05) is 6.61 Å². The number of rotatable bonds is 3. The number of ether oxygens (including phenoxy) is 1. The molecule has 1 aliphatic rings. The number of nitrogens with zero attached hydrogens (tertiary/aromatic N) is 1. The Kier molecular flexibility index (Phi) is 2.78. The summed E-state index contributed by atoms with van der Waals surface area (Å²) in [7, 11) is -3.27. The van der Waals surface area contributed by atoms with Gasteiger partial charge in [0.25, 0.3) is 0 Å². The van der Waals surface area contributed by atoms with Crippen molar-refractivity contribution in [3.8, 4) is 5.75 Å². The van der Waals surface area contributed by atoms with Crippen molar-refractivity contribution >= 4 is 14.9 Å². The van der Waals surface area contributed by atoms with Gasteiger partial charge in [0, 0.05) is 0 Å². The maximum atomic E-state index is 11.3. The summed E-state index contributed by atoms with van der Waals surface area (Å²) < 4.78 is 28.0. The van der Waals surface area contributed by atoms with Gasteiger partial charge in [-0.15, -0.1) is 0 Å². The van der Waals surface area contributed by atoms with Crippen LogP contribution in [-0.2, 0) is 9.84 Å². The predicted molar refractivity (Wildman–Crippen MR) is 62.0 cm³/mol. The number of hydrogen-bond donors (Lipinski definition) is 0. The third-order valence-electron chi connectivity index (χ3n) is 2.13. The molecule has 0 radical (unpaired) electrons. The molecule has 0 N–H and O–H groups in total. The van der Waals surface area contributed by atoms with Crippen molar-refractivity contribution in [3.05, 3.63) is 41.4 Å². The van der Waals surface area contributed by atoms with E-state index in [2.05, 4.69) is 4.99 Å². The van der Waals surface area contributed by atoms with E-state index in [1.807, 2.05) is 18.2 Å². The minimum absolute atomic E-state index is 0.124. The molecule has 2 rings (SSSR count). The van der Waals surface area contributed by atoms with Gasteiger partial charge in [-0.25, -0.2) is 13.4 Å². The van der Waals surface area contributed by atoms with Crippen LogP contribution in [0.25, 0.3) is 0 Å². The second kappa shape index (κ2) is 4.09. The summed E-state index contributed by atoms with van der Waals surface area (Å²) in [4.78, 5) is 3.92. The lowest BCUT2D eigenvalue weighted by Crippen LogP contribution is -2.01. The van der Waals surface area contributed by atoms with E-state index in [1.165, 1.54) is 6.92 Å². The number of hydrogen-bond acceptors (Lipinski definition) is 4. The van der Waals surface area contributed by atoms with E-state index in [0.29, 0.717) is 11.4 Å². The van der Waals surface area contributed by atoms with Crippen LogP contribution in [0.5, 0.6) is 5.75 Å². The molecule has 0 atom stereocenters. The highest BCUT2D eigenvalue weighted by molar-refractivity contribution is 8.09. The second-order valence-electron chi connectivity index (χ2n) is 3.39. The zero-order valence-corrected chi connectivity index (χ0v) is 9.57. The van der Waals surface area contributed by atoms with Crippen LogP contribution >= 0.6 is 0 Å². The molecule has 1 aromatic carbocycles. The normalized spacial score (nSPS) is 17.8. The third-order valence-corrected chi connectivity index (χ3v) is 3.63. The minimum Gasteiger partial charge on any atom is -0.487 e. The minimum atomic E-state index is -3.27. The Morgan fingerprint density at radius 1 is 1.25 bits per heavy atom. The molecule has 1 aromatic rings. The molecule has 0 spiro atoms. The van der Waals surface area contributed by atoms with Crippen LogP contribution in [0.15, 0.2) is 46.4 Å². The van der Waals surface area contributed by atoms with Gasteiger partial charge in [0.2, 0.25) is 9.84 Å². The topological polar surface area (TPSA) is 55.7 Å². The molecule has 0 bridgehead atoms. The summed E-state index contributed by atoms with van der Waals surface area (Å²) >= 11 is 0. The van der Waals surface area contributed by atoms with E-state index >= 15 is 0 Å². The molecule has 16 heavy (non-hydrogen) atoms. The summed E-state index contributed by atoms with van der Waals surface area (Å²) in [6, 6.07) is 9.20. The predicted octanol–water partition coefficient (Wildman–Crippen LogP) is 1.75. The highest BCUT2D eigenvalue weighted by atomic mass is 32.2. The van der Waals surface area contributed by atoms with Crippen LogP contribution in [-0.4, -0.2) is 20.1 Å². The van der Waals surface area contributed by atoms with E-state index in [-0.39, 0.29) is 11.7 Å². The van der Waals surface area contributed by atoms with Gasteiger partial charge >= 0.3 is 0 Å². The van der Waals surface area contributed by atoms with E-state index in [0.717, 1.165) is 5.41 Å². The summed E-state index contributed by atoms with van der Waals surface area (Å²) in [5.74, 6) is 0.695. The molecule has 0 fully saturated rings. The maximum Gasteiger partial charge on any atom is 0.214 e. The van der Waals surface area contributed by atoms with Gasteiger partial charge in [0.15, 0.2) is 0 Å². The van der Waals surface area contributed by atoms with Gasteiger partial charge in [0.05, 0.1) is 11.1 Å². The monoisotopic (exact) mass is 237 g/mol. The lowest BCUT2D eigenvalue weighted by molar-refractivity contribution is 0.351. The van der Waals surface area contributed by atoms with Gasteiger partial charge in [0.1, 0.15) is 17.4 Å². The first-order chi connectivity index (χ1) is 7.58. The molecule has 0 saturated carbocycles. The summed E-state index contributed by atoms with van der Waals surface area (Å²) in [5.41, 5.74) is 0.432. The summed E-state index contributed by atoms with van der Waals surface area (Å²) in [6.45, 7) is 1.64. The Hall–Kier alpha value is -1.62. The molecule has 1 heterocycles. The summed E-state index contributed by atoms with van der Waals surface area (Å²) in [6.07, 6.45) is 0. The second-order valence-corrected chi connectivity index (χ2v) is 5.30. The molecule has 0 aliphatic carbocycles. The quantitative estimate of drug-likeness (QED) is 0.804. The molecule has 5 heteroatoms. The first-order valence-electron chi connectivity index (χ1n) is 4.77. The van der Waals surface area contributed by atoms with Crippen LogP contribution < -0.4 is 4.74 Å². The fourth-order valence-corrected chi connectivity index (χ4v) is 2.19. The molecule has 4 nitrogen and oxygen atoms in total. The Bertz CT molecular complexity index is 544. The van der Waals surface area contributed by atoms with Crippen molar-refractivity contribution in [3.63, 3.8) is 0 Å². The van der Waals surface area contributed by atoms with Crippen LogP contribution in [0, 0.1) is 0 Å². The van der Waals surface area contributed by atoms with Gasteiger partial charge in [-0.1, -0.05) is 18.2 Å². The van der Waals surface area contributed by atoms with Crippen LogP contribution in [0.4, 0.5) is 0 Å². The Morgan fingerprint density at radius 2 is 1.94 bits per heavy atom. The van der Waals surface area contributed by atoms with E-state index in [1.54, 1.807) is 12.1 Å². The third kappa shape index (κ3) is 2.30. The largest absolute Gasteiger partial charge is 0.487 e. The average molecular weight is 237 g/mol. The first-order valence-corrected chi connectivity index (χ1v) is 6.31. The molecule has 84 valence electrons. The van der Waals surface area contributed by atoms with Gasteiger partial charge in [-0.2, -0.15) is 0 Å². The number of aliphatic imine (C=N–C) groups is 1. The van der Waals surface area contributed by atoms with Crippen LogP contribution in [0.1, 0.15) is 6.92 Å². The number of benzene rings is 1. The zero-order chi connectivity index (χ0) is 11.6. The summed E-state index contributed by atoms with van der Waals surface area (Å²) in [5, 5.41) is 1.27. The van der Waals surface area contributed by atoms with E-state index < -0.39 is 9.84 Å². The average Bonchev–Trinajstić information content (AvgIpc) is 2.52. The van der Waals surface area contributed by atoms with E-state index in [9.17, 15) is 8.42 Å². The molecule has 0 aromatic heterocycles.